The summed E-state index contributed by atoms with van der Waals surface area (Å²) in [5.41, 5.74) is 0. The molecule has 0 spiro atoms. The lowest BCUT2D eigenvalue weighted by Crippen LogP contribution is -2.33. The second-order valence-electron chi connectivity index (χ2n) is 5.01. The minimum Gasteiger partial charge on any atom is -0.465 e. The fourth-order valence-corrected chi connectivity index (χ4v) is 2.81. The summed E-state index contributed by atoms with van der Waals surface area (Å²) in [6.07, 6.45) is 9.56. The summed E-state index contributed by atoms with van der Waals surface area (Å²) >= 11 is 0. The van der Waals surface area contributed by atoms with Gasteiger partial charge in [-0.05, 0) is 38.3 Å². The van der Waals surface area contributed by atoms with Gasteiger partial charge in [-0.3, -0.25) is 0 Å². The SMILES string of the molecule is Cc1ccc(CNC2CCCC2n2ccnc2)o1. The van der Waals surface area contributed by atoms with E-state index in [0.29, 0.717) is 12.1 Å². The van der Waals surface area contributed by atoms with Gasteiger partial charge in [0.1, 0.15) is 11.5 Å². The predicted octanol–water partition coefficient (Wildman–Crippen LogP) is 2.67. The summed E-state index contributed by atoms with van der Waals surface area (Å²) in [5, 5.41) is 3.61. The van der Waals surface area contributed by atoms with Crippen LogP contribution in [0.15, 0.2) is 35.3 Å². The molecule has 2 heterocycles. The van der Waals surface area contributed by atoms with Crippen LogP contribution in [0.2, 0.25) is 0 Å². The molecular formula is C14H19N3O. The number of aromatic nitrogens is 2. The maximum Gasteiger partial charge on any atom is 0.117 e. The average Bonchev–Trinajstić information content (AvgIpc) is 3.07. The minimum absolute atomic E-state index is 0.518. The molecule has 0 radical (unpaired) electrons. The third kappa shape index (κ3) is 2.34. The number of furan rings is 1. The number of hydrogen-bond acceptors (Lipinski definition) is 3. The van der Waals surface area contributed by atoms with Gasteiger partial charge >= 0.3 is 0 Å². The van der Waals surface area contributed by atoms with Gasteiger partial charge in [0.25, 0.3) is 0 Å². The molecule has 4 heteroatoms. The Hall–Kier alpha value is -1.55. The van der Waals surface area contributed by atoms with Gasteiger partial charge in [-0.25, -0.2) is 4.98 Å². The zero-order valence-corrected chi connectivity index (χ0v) is 10.7. The molecule has 1 fully saturated rings. The Morgan fingerprint density at radius 3 is 3.11 bits per heavy atom. The third-order valence-corrected chi connectivity index (χ3v) is 3.72. The van der Waals surface area contributed by atoms with Gasteiger partial charge in [0, 0.05) is 24.5 Å². The molecule has 1 aliphatic rings. The number of nitrogens with zero attached hydrogens (tertiary/aromatic N) is 2. The zero-order valence-electron chi connectivity index (χ0n) is 10.7. The van der Waals surface area contributed by atoms with E-state index in [1.165, 1.54) is 19.3 Å². The summed E-state index contributed by atoms with van der Waals surface area (Å²) in [4.78, 5) is 4.14. The number of nitrogens with one attached hydrogen (secondary N) is 1. The normalized spacial score (nSPS) is 23.6. The lowest BCUT2D eigenvalue weighted by atomic mass is 10.1. The molecule has 4 nitrogen and oxygen atoms in total. The van der Waals surface area contributed by atoms with Crippen LogP contribution in [0.25, 0.3) is 0 Å². The highest BCUT2D eigenvalue weighted by molar-refractivity contribution is 5.05. The summed E-state index contributed by atoms with van der Waals surface area (Å²) < 4.78 is 7.81. The van der Waals surface area contributed by atoms with E-state index in [1.807, 2.05) is 31.6 Å². The second-order valence-corrected chi connectivity index (χ2v) is 5.01. The molecule has 2 atom stereocenters. The van der Waals surface area contributed by atoms with E-state index in [2.05, 4.69) is 21.1 Å². The third-order valence-electron chi connectivity index (χ3n) is 3.72. The van der Waals surface area contributed by atoms with Crippen LogP contribution in [0, 0.1) is 6.92 Å². The summed E-state index contributed by atoms with van der Waals surface area (Å²) in [7, 11) is 0. The molecule has 0 amide bonds. The molecule has 2 unspecified atom stereocenters. The first-order valence-corrected chi connectivity index (χ1v) is 6.59. The topological polar surface area (TPSA) is 43.0 Å². The molecule has 1 saturated carbocycles. The molecule has 0 bridgehead atoms. The fraction of sp³-hybridized carbons (Fsp3) is 0.500. The number of imidazole rings is 1. The fourth-order valence-electron chi connectivity index (χ4n) is 2.81. The van der Waals surface area contributed by atoms with Gasteiger partial charge in [0.2, 0.25) is 0 Å². The van der Waals surface area contributed by atoms with Crippen LogP contribution in [0.1, 0.15) is 36.8 Å². The molecular weight excluding hydrogens is 226 g/mol. The van der Waals surface area contributed by atoms with Crippen molar-refractivity contribution in [1.82, 2.24) is 14.9 Å². The molecule has 1 aliphatic carbocycles. The summed E-state index contributed by atoms with van der Waals surface area (Å²) in [5.74, 6) is 1.99. The Labute approximate surface area is 107 Å². The first-order chi connectivity index (χ1) is 8.83. The summed E-state index contributed by atoms with van der Waals surface area (Å²) in [6.45, 7) is 2.79. The number of rotatable bonds is 4. The van der Waals surface area contributed by atoms with Crippen molar-refractivity contribution in [2.75, 3.05) is 0 Å². The Balaban J connectivity index is 1.62. The smallest absolute Gasteiger partial charge is 0.117 e. The average molecular weight is 245 g/mol. The molecule has 2 aromatic heterocycles. The van der Waals surface area contributed by atoms with Crippen molar-refractivity contribution in [3.05, 3.63) is 42.4 Å². The maximum atomic E-state index is 5.59. The van der Waals surface area contributed by atoms with E-state index < -0.39 is 0 Å². The van der Waals surface area contributed by atoms with Crippen molar-refractivity contribution in [1.29, 1.82) is 0 Å². The molecule has 3 rings (SSSR count). The van der Waals surface area contributed by atoms with Gasteiger partial charge in [-0.15, -0.1) is 0 Å². The van der Waals surface area contributed by atoms with Crippen molar-refractivity contribution < 1.29 is 4.42 Å². The Bertz CT molecular complexity index is 489. The van der Waals surface area contributed by atoms with Crippen molar-refractivity contribution in [3.8, 4) is 0 Å². The largest absolute Gasteiger partial charge is 0.465 e. The Kier molecular flexibility index (Phi) is 3.19. The quantitative estimate of drug-likeness (QED) is 0.900. The standard InChI is InChI=1S/C14H19N3O/c1-11-5-6-12(18-11)9-16-13-3-2-4-14(13)17-8-7-15-10-17/h5-8,10,13-14,16H,2-4,9H2,1H3. The highest BCUT2D eigenvalue weighted by Gasteiger charge is 2.27. The minimum atomic E-state index is 0.518. The number of aryl methyl sites for hydroxylation is 1. The van der Waals surface area contributed by atoms with Gasteiger partial charge in [-0.2, -0.15) is 0 Å². The van der Waals surface area contributed by atoms with E-state index in [1.54, 1.807) is 0 Å². The van der Waals surface area contributed by atoms with E-state index >= 15 is 0 Å². The van der Waals surface area contributed by atoms with Crippen LogP contribution in [-0.4, -0.2) is 15.6 Å². The van der Waals surface area contributed by atoms with Crippen molar-refractivity contribution >= 4 is 0 Å². The van der Waals surface area contributed by atoms with E-state index in [0.717, 1.165) is 18.1 Å². The van der Waals surface area contributed by atoms with Crippen molar-refractivity contribution in [3.63, 3.8) is 0 Å². The molecule has 0 aromatic carbocycles. The Morgan fingerprint density at radius 2 is 2.39 bits per heavy atom. The molecule has 0 aliphatic heterocycles. The van der Waals surface area contributed by atoms with Gasteiger partial charge in [-0.1, -0.05) is 0 Å². The van der Waals surface area contributed by atoms with E-state index in [4.69, 9.17) is 4.42 Å². The maximum absolute atomic E-state index is 5.59. The highest BCUT2D eigenvalue weighted by atomic mass is 16.3. The van der Waals surface area contributed by atoms with E-state index in [-0.39, 0.29) is 0 Å². The monoisotopic (exact) mass is 245 g/mol. The highest BCUT2D eigenvalue weighted by Crippen LogP contribution is 2.30. The first kappa shape index (κ1) is 11.5. The van der Waals surface area contributed by atoms with Crippen LogP contribution in [0.4, 0.5) is 0 Å². The van der Waals surface area contributed by atoms with Gasteiger partial charge in [0.05, 0.1) is 12.9 Å². The van der Waals surface area contributed by atoms with Crippen LogP contribution in [0.5, 0.6) is 0 Å². The predicted molar refractivity (Wildman–Crippen MR) is 69.2 cm³/mol. The molecule has 96 valence electrons. The molecule has 2 aromatic rings. The van der Waals surface area contributed by atoms with Crippen molar-refractivity contribution in [2.24, 2.45) is 0 Å². The van der Waals surface area contributed by atoms with Crippen LogP contribution in [0.3, 0.4) is 0 Å². The van der Waals surface area contributed by atoms with E-state index in [9.17, 15) is 0 Å². The van der Waals surface area contributed by atoms with Gasteiger partial charge in [0.15, 0.2) is 0 Å². The number of hydrogen-bond donors (Lipinski definition) is 1. The van der Waals surface area contributed by atoms with Crippen LogP contribution >= 0.6 is 0 Å². The summed E-state index contributed by atoms with van der Waals surface area (Å²) in [6, 6.07) is 5.11. The lowest BCUT2D eigenvalue weighted by molar-refractivity contribution is 0.368. The van der Waals surface area contributed by atoms with Crippen LogP contribution in [-0.2, 0) is 6.54 Å². The molecule has 18 heavy (non-hydrogen) atoms. The first-order valence-electron chi connectivity index (χ1n) is 6.59. The van der Waals surface area contributed by atoms with Gasteiger partial charge < -0.3 is 14.3 Å². The van der Waals surface area contributed by atoms with Crippen LogP contribution < -0.4 is 5.32 Å². The van der Waals surface area contributed by atoms with Crippen molar-refractivity contribution in [2.45, 2.75) is 44.8 Å². The molecule has 1 N–H and O–H groups in total. The zero-order chi connectivity index (χ0) is 12.4. The Morgan fingerprint density at radius 1 is 1.44 bits per heavy atom. The molecule has 0 saturated heterocycles. The lowest BCUT2D eigenvalue weighted by Gasteiger charge is -2.21. The second kappa shape index (κ2) is 4.98.